The number of carbonyl (C=O) groups is 1. The van der Waals surface area contributed by atoms with Gasteiger partial charge in [-0.05, 0) is 45.4 Å². The molecule has 3 aromatic rings. The van der Waals surface area contributed by atoms with Crippen molar-refractivity contribution in [2.75, 3.05) is 11.4 Å². The van der Waals surface area contributed by atoms with Crippen LogP contribution in [-0.4, -0.2) is 32.5 Å². The molecule has 0 saturated heterocycles. The average Bonchev–Trinajstić information content (AvgIpc) is 2.96. The number of anilines is 1. The van der Waals surface area contributed by atoms with Crippen molar-refractivity contribution in [1.82, 2.24) is 14.8 Å². The number of aryl methyl sites for hydroxylation is 1. The van der Waals surface area contributed by atoms with Gasteiger partial charge in [0.1, 0.15) is 0 Å². The number of nitrogens with zero attached hydrogens (tertiary/aromatic N) is 4. The number of hydrogen-bond acceptors (Lipinski definition) is 4. The Morgan fingerprint density at radius 2 is 2.07 bits per heavy atom. The molecule has 0 spiro atoms. The van der Waals surface area contributed by atoms with Crippen LogP contribution in [0, 0.1) is 6.92 Å². The maximum atomic E-state index is 13.5. The second-order valence-electron chi connectivity index (χ2n) is 7.36. The van der Waals surface area contributed by atoms with Crippen LogP contribution in [0.5, 0.6) is 0 Å². The topological polar surface area (TPSA) is 51.0 Å². The molecule has 140 valence electrons. The van der Waals surface area contributed by atoms with Crippen LogP contribution in [-0.2, 0) is 0 Å². The first-order valence-electron chi connectivity index (χ1n) is 9.38. The van der Waals surface area contributed by atoms with Gasteiger partial charge >= 0.3 is 0 Å². The maximum absolute atomic E-state index is 13.5. The molecule has 0 radical (unpaired) electrons. The van der Waals surface area contributed by atoms with Gasteiger partial charge in [-0.3, -0.25) is 4.79 Å². The summed E-state index contributed by atoms with van der Waals surface area (Å²) in [7, 11) is 0. The van der Waals surface area contributed by atoms with E-state index in [2.05, 4.69) is 31.9 Å². The summed E-state index contributed by atoms with van der Waals surface area (Å²) in [6.07, 6.45) is 2.76. The van der Waals surface area contributed by atoms with E-state index in [1.54, 1.807) is 6.20 Å². The lowest BCUT2D eigenvalue weighted by Gasteiger charge is -2.23. The Kier molecular flexibility index (Phi) is 4.68. The molecule has 1 aliphatic rings. The van der Waals surface area contributed by atoms with Crippen molar-refractivity contribution in [3.8, 4) is 0 Å². The van der Waals surface area contributed by atoms with Gasteiger partial charge in [0.15, 0.2) is 5.65 Å². The summed E-state index contributed by atoms with van der Waals surface area (Å²) in [5, 5.41) is 5.82. The van der Waals surface area contributed by atoms with Gasteiger partial charge < -0.3 is 4.90 Å². The van der Waals surface area contributed by atoms with Crippen LogP contribution in [0.3, 0.4) is 0 Å². The zero-order valence-electron chi connectivity index (χ0n) is 16.1. The number of carbonyl (C=O) groups excluding carboxylic acids is 1. The summed E-state index contributed by atoms with van der Waals surface area (Å²) in [5.41, 5.74) is 3.23. The maximum Gasteiger partial charge on any atom is 0.260 e. The van der Waals surface area contributed by atoms with Crippen molar-refractivity contribution in [3.63, 3.8) is 0 Å². The van der Waals surface area contributed by atoms with Gasteiger partial charge in [-0.2, -0.15) is 5.10 Å². The van der Waals surface area contributed by atoms with Gasteiger partial charge in [-0.15, -0.1) is 11.8 Å². The van der Waals surface area contributed by atoms with Gasteiger partial charge in [-0.1, -0.05) is 19.1 Å². The lowest BCUT2D eigenvalue weighted by molar-refractivity contribution is 0.0985. The summed E-state index contributed by atoms with van der Waals surface area (Å²) in [5.74, 6) is 0.0151. The number of para-hydroxylation sites is 1. The van der Waals surface area contributed by atoms with Crippen molar-refractivity contribution >= 4 is 34.4 Å². The van der Waals surface area contributed by atoms with Crippen LogP contribution in [0.15, 0.2) is 41.4 Å². The Bertz CT molecular complexity index is 1010. The molecule has 0 aliphatic carbocycles. The van der Waals surface area contributed by atoms with E-state index in [1.165, 1.54) is 0 Å². The van der Waals surface area contributed by atoms with Gasteiger partial charge in [0.05, 0.1) is 23.1 Å². The molecule has 1 unspecified atom stereocenters. The second kappa shape index (κ2) is 7.00. The molecule has 0 saturated carbocycles. The molecule has 6 heteroatoms. The smallest absolute Gasteiger partial charge is 0.260 e. The first kappa shape index (κ1) is 18.0. The van der Waals surface area contributed by atoms with E-state index in [9.17, 15) is 4.79 Å². The molecule has 4 rings (SSSR count). The van der Waals surface area contributed by atoms with Crippen molar-refractivity contribution in [3.05, 3.63) is 47.8 Å². The fourth-order valence-corrected chi connectivity index (χ4v) is 4.62. The molecular weight excluding hydrogens is 356 g/mol. The summed E-state index contributed by atoms with van der Waals surface area (Å²) in [6.45, 7) is 9.00. The Hall–Kier alpha value is -2.34. The lowest BCUT2D eigenvalue weighted by atomic mass is 10.1. The monoisotopic (exact) mass is 380 g/mol. The number of hydrogen-bond donors (Lipinski definition) is 0. The van der Waals surface area contributed by atoms with E-state index in [-0.39, 0.29) is 11.9 Å². The van der Waals surface area contributed by atoms with Crippen LogP contribution < -0.4 is 4.90 Å². The highest BCUT2D eigenvalue weighted by Crippen LogP contribution is 2.38. The fraction of sp³-hybridized carbons (Fsp3) is 0.381. The molecule has 0 N–H and O–H groups in total. The van der Waals surface area contributed by atoms with Gasteiger partial charge in [0, 0.05) is 28.1 Å². The number of thioether (sulfide) groups is 1. The van der Waals surface area contributed by atoms with Crippen LogP contribution in [0.2, 0.25) is 0 Å². The normalized spacial score (nSPS) is 17.2. The number of amides is 1. The third kappa shape index (κ3) is 3.23. The quantitative estimate of drug-likeness (QED) is 0.638. The molecule has 1 atom stereocenters. The minimum absolute atomic E-state index is 0.0151. The standard InChI is InChI=1S/C21H24N4OS/c1-13(2)25-20-16(12-22-25)11-17(15(4)23-20)21(26)24-10-9-14(3)27-19-8-6-5-7-18(19)24/h5-8,11-14H,9-10H2,1-4H3. The molecule has 2 aromatic heterocycles. The first-order chi connectivity index (χ1) is 13.0. The molecule has 0 bridgehead atoms. The minimum atomic E-state index is 0.0151. The van der Waals surface area contributed by atoms with Crippen LogP contribution >= 0.6 is 11.8 Å². The Morgan fingerprint density at radius 3 is 2.85 bits per heavy atom. The Labute approximate surface area is 163 Å². The number of fused-ring (bicyclic) bond motifs is 2. The summed E-state index contributed by atoms with van der Waals surface area (Å²) >= 11 is 1.84. The zero-order valence-corrected chi connectivity index (χ0v) is 17.0. The third-order valence-corrected chi connectivity index (χ3v) is 6.21. The van der Waals surface area contributed by atoms with Crippen LogP contribution in [0.1, 0.15) is 49.3 Å². The van der Waals surface area contributed by atoms with Gasteiger partial charge in [0.25, 0.3) is 5.91 Å². The van der Waals surface area contributed by atoms with E-state index < -0.39 is 0 Å². The van der Waals surface area contributed by atoms with Crippen LogP contribution in [0.4, 0.5) is 5.69 Å². The van der Waals surface area contributed by atoms with E-state index in [0.717, 1.165) is 33.7 Å². The number of rotatable bonds is 2. The van der Waals surface area contributed by atoms with E-state index in [4.69, 9.17) is 4.98 Å². The zero-order chi connectivity index (χ0) is 19.1. The molecular formula is C21H24N4OS. The molecule has 1 aliphatic heterocycles. The highest BCUT2D eigenvalue weighted by atomic mass is 32.2. The van der Waals surface area contributed by atoms with Crippen molar-refractivity contribution in [1.29, 1.82) is 0 Å². The highest BCUT2D eigenvalue weighted by Gasteiger charge is 2.26. The Morgan fingerprint density at radius 1 is 1.30 bits per heavy atom. The number of pyridine rings is 1. The summed E-state index contributed by atoms with van der Waals surface area (Å²) in [6, 6.07) is 10.3. The minimum Gasteiger partial charge on any atom is -0.307 e. The van der Waals surface area contributed by atoms with Crippen molar-refractivity contribution < 1.29 is 4.79 Å². The molecule has 1 amide bonds. The number of aromatic nitrogens is 3. The molecule has 27 heavy (non-hydrogen) atoms. The fourth-order valence-electron chi connectivity index (χ4n) is 3.50. The second-order valence-corrected chi connectivity index (χ2v) is 8.84. The van der Waals surface area contributed by atoms with E-state index >= 15 is 0 Å². The molecule has 5 nitrogen and oxygen atoms in total. The predicted molar refractivity (Wildman–Crippen MR) is 111 cm³/mol. The highest BCUT2D eigenvalue weighted by molar-refractivity contribution is 8.00. The first-order valence-corrected chi connectivity index (χ1v) is 10.3. The van der Waals surface area contributed by atoms with Crippen molar-refractivity contribution in [2.45, 2.75) is 50.3 Å². The predicted octanol–water partition coefficient (Wildman–Crippen LogP) is 4.85. The summed E-state index contributed by atoms with van der Waals surface area (Å²) in [4.78, 5) is 21.3. The molecule has 3 heterocycles. The third-order valence-electron chi connectivity index (χ3n) is 4.97. The lowest BCUT2D eigenvalue weighted by Crippen LogP contribution is -2.33. The average molecular weight is 381 g/mol. The van der Waals surface area contributed by atoms with Crippen LogP contribution in [0.25, 0.3) is 11.0 Å². The van der Waals surface area contributed by atoms with Gasteiger partial charge in [-0.25, -0.2) is 9.67 Å². The largest absolute Gasteiger partial charge is 0.307 e. The SMILES string of the molecule is Cc1nc2c(cnn2C(C)C)cc1C(=O)N1CCC(C)Sc2ccccc21. The van der Waals surface area contributed by atoms with E-state index in [0.29, 0.717) is 17.4 Å². The van der Waals surface area contributed by atoms with E-state index in [1.807, 2.05) is 52.5 Å². The Balaban J connectivity index is 1.78. The summed E-state index contributed by atoms with van der Waals surface area (Å²) < 4.78 is 1.90. The molecule has 0 fully saturated rings. The number of benzene rings is 1. The molecule has 1 aromatic carbocycles. The van der Waals surface area contributed by atoms with Gasteiger partial charge in [0.2, 0.25) is 0 Å². The van der Waals surface area contributed by atoms with Crippen molar-refractivity contribution in [2.24, 2.45) is 0 Å².